The molecular weight excluding hydrogens is 292 g/mol. The number of rotatable bonds is 5. The fraction of sp³-hybridized carbons (Fsp3) is 0.571. The first-order chi connectivity index (χ1) is 9.91. The van der Waals surface area contributed by atoms with Crippen molar-refractivity contribution in [1.82, 2.24) is 4.31 Å². The standard InChI is InChI=1S/C14H22N2O4S/c1-16(2)21(17,18)12-3-4-13(15)14(9-12)20-10-11-5-7-19-8-6-11/h3-4,9,11H,5-8,10,15H2,1-2H3. The van der Waals surface area contributed by atoms with Crippen molar-refractivity contribution >= 4 is 15.7 Å². The summed E-state index contributed by atoms with van der Waals surface area (Å²) >= 11 is 0. The predicted octanol–water partition coefficient (Wildman–Crippen LogP) is 1.32. The van der Waals surface area contributed by atoms with Crippen molar-refractivity contribution < 1.29 is 17.9 Å². The molecule has 1 aliphatic rings. The van der Waals surface area contributed by atoms with Crippen LogP contribution in [0.15, 0.2) is 23.1 Å². The van der Waals surface area contributed by atoms with Crippen LogP contribution in [0.1, 0.15) is 12.8 Å². The summed E-state index contributed by atoms with van der Waals surface area (Å²) < 4.78 is 36.4. The molecule has 1 aromatic rings. The monoisotopic (exact) mass is 314 g/mol. The molecule has 0 spiro atoms. The second-order valence-corrected chi connectivity index (χ2v) is 7.51. The molecule has 1 saturated heterocycles. The number of benzene rings is 1. The van der Waals surface area contributed by atoms with E-state index in [1.165, 1.54) is 30.5 Å². The minimum absolute atomic E-state index is 0.184. The highest BCUT2D eigenvalue weighted by Crippen LogP contribution is 2.27. The SMILES string of the molecule is CN(C)S(=O)(=O)c1ccc(N)c(OCC2CCOCC2)c1. The molecule has 0 aliphatic carbocycles. The lowest BCUT2D eigenvalue weighted by Crippen LogP contribution is -2.23. The van der Waals surface area contributed by atoms with Gasteiger partial charge in [0.2, 0.25) is 10.0 Å². The number of ether oxygens (including phenoxy) is 2. The first kappa shape index (κ1) is 16.1. The van der Waals surface area contributed by atoms with Crippen molar-refractivity contribution in [3.05, 3.63) is 18.2 Å². The summed E-state index contributed by atoms with van der Waals surface area (Å²) in [4.78, 5) is 0.184. The summed E-state index contributed by atoms with van der Waals surface area (Å²) in [5.41, 5.74) is 6.31. The summed E-state index contributed by atoms with van der Waals surface area (Å²) in [7, 11) is -0.493. The van der Waals surface area contributed by atoms with Gasteiger partial charge in [-0.05, 0) is 30.9 Å². The Morgan fingerprint density at radius 1 is 1.33 bits per heavy atom. The van der Waals surface area contributed by atoms with Gasteiger partial charge >= 0.3 is 0 Å². The van der Waals surface area contributed by atoms with Crippen molar-refractivity contribution in [2.24, 2.45) is 5.92 Å². The first-order valence-electron chi connectivity index (χ1n) is 6.94. The first-order valence-corrected chi connectivity index (χ1v) is 8.38. The topological polar surface area (TPSA) is 81.9 Å². The van der Waals surface area contributed by atoms with Crippen molar-refractivity contribution in [3.8, 4) is 5.75 Å². The van der Waals surface area contributed by atoms with Crippen molar-refractivity contribution in [3.63, 3.8) is 0 Å². The maximum absolute atomic E-state index is 12.1. The van der Waals surface area contributed by atoms with E-state index in [4.69, 9.17) is 15.2 Å². The van der Waals surface area contributed by atoms with Gasteiger partial charge in [-0.1, -0.05) is 0 Å². The molecule has 1 aromatic carbocycles. The average molecular weight is 314 g/mol. The molecule has 0 atom stereocenters. The zero-order valence-electron chi connectivity index (χ0n) is 12.4. The molecule has 21 heavy (non-hydrogen) atoms. The van der Waals surface area contributed by atoms with Crippen LogP contribution in [0.4, 0.5) is 5.69 Å². The zero-order valence-corrected chi connectivity index (χ0v) is 13.2. The van der Waals surface area contributed by atoms with Gasteiger partial charge in [0, 0.05) is 33.4 Å². The summed E-state index contributed by atoms with van der Waals surface area (Å²) in [5, 5.41) is 0. The Hall–Kier alpha value is -1.31. The van der Waals surface area contributed by atoms with E-state index in [-0.39, 0.29) is 4.90 Å². The quantitative estimate of drug-likeness (QED) is 0.829. The van der Waals surface area contributed by atoms with Crippen LogP contribution in [-0.4, -0.2) is 46.6 Å². The van der Waals surface area contributed by atoms with E-state index in [0.29, 0.717) is 24.0 Å². The fourth-order valence-corrected chi connectivity index (χ4v) is 3.05. The highest BCUT2D eigenvalue weighted by molar-refractivity contribution is 7.89. The van der Waals surface area contributed by atoms with Gasteiger partial charge < -0.3 is 15.2 Å². The van der Waals surface area contributed by atoms with Gasteiger partial charge in [-0.25, -0.2) is 12.7 Å². The summed E-state index contributed by atoms with van der Waals surface area (Å²) in [5.74, 6) is 0.844. The lowest BCUT2D eigenvalue weighted by Gasteiger charge is -2.22. The minimum Gasteiger partial charge on any atom is -0.491 e. The van der Waals surface area contributed by atoms with Crippen molar-refractivity contribution in [2.45, 2.75) is 17.7 Å². The summed E-state index contributed by atoms with van der Waals surface area (Å²) in [6.45, 7) is 2.02. The van der Waals surface area contributed by atoms with Crippen LogP contribution >= 0.6 is 0 Å². The van der Waals surface area contributed by atoms with E-state index >= 15 is 0 Å². The highest BCUT2D eigenvalue weighted by Gasteiger charge is 2.20. The molecule has 0 unspecified atom stereocenters. The molecule has 1 heterocycles. The summed E-state index contributed by atoms with van der Waals surface area (Å²) in [6.07, 6.45) is 1.91. The smallest absolute Gasteiger partial charge is 0.242 e. The molecule has 1 fully saturated rings. The van der Waals surface area contributed by atoms with Gasteiger partial charge in [0.1, 0.15) is 5.75 Å². The van der Waals surface area contributed by atoms with Crippen LogP contribution < -0.4 is 10.5 Å². The molecule has 6 nitrogen and oxygen atoms in total. The van der Waals surface area contributed by atoms with Crippen LogP contribution in [0.5, 0.6) is 5.75 Å². The number of anilines is 1. The molecule has 0 saturated carbocycles. The van der Waals surface area contributed by atoms with E-state index in [9.17, 15) is 8.42 Å². The molecule has 0 aromatic heterocycles. The van der Waals surface area contributed by atoms with E-state index in [2.05, 4.69) is 0 Å². The third-order valence-electron chi connectivity index (χ3n) is 3.58. The molecule has 7 heteroatoms. The van der Waals surface area contributed by atoms with Crippen LogP contribution in [0.25, 0.3) is 0 Å². The Labute approximate surface area is 125 Å². The number of nitrogen functional groups attached to an aromatic ring is 1. The van der Waals surface area contributed by atoms with Crippen LogP contribution in [-0.2, 0) is 14.8 Å². The Bertz CT molecular complexity index is 581. The van der Waals surface area contributed by atoms with Crippen molar-refractivity contribution in [2.75, 3.05) is 39.6 Å². The Kier molecular flexibility index (Phi) is 5.08. The van der Waals surface area contributed by atoms with Gasteiger partial charge in [0.05, 0.1) is 17.2 Å². The molecule has 0 radical (unpaired) electrons. The molecule has 0 bridgehead atoms. The van der Waals surface area contributed by atoms with Crippen molar-refractivity contribution in [1.29, 1.82) is 0 Å². The molecule has 2 rings (SSSR count). The number of nitrogens with two attached hydrogens (primary N) is 1. The Morgan fingerprint density at radius 3 is 2.62 bits per heavy atom. The number of sulfonamides is 1. The number of nitrogens with zero attached hydrogens (tertiary/aromatic N) is 1. The van der Waals surface area contributed by atoms with E-state index in [0.717, 1.165) is 26.1 Å². The molecule has 2 N–H and O–H groups in total. The Balaban J connectivity index is 2.12. The number of hydrogen-bond acceptors (Lipinski definition) is 5. The van der Waals surface area contributed by atoms with Gasteiger partial charge in [0.25, 0.3) is 0 Å². The maximum atomic E-state index is 12.1. The molecule has 1 aliphatic heterocycles. The zero-order chi connectivity index (χ0) is 15.5. The molecular formula is C14H22N2O4S. The normalized spacial score (nSPS) is 17.1. The van der Waals surface area contributed by atoms with E-state index < -0.39 is 10.0 Å². The minimum atomic E-state index is -3.48. The molecule has 118 valence electrons. The fourth-order valence-electron chi connectivity index (χ4n) is 2.13. The maximum Gasteiger partial charge on any atom is 0.242 e. The third kappa shape index (κ3) is 3.87. The number of hydrogen-bond donors (Lipinski definition) is 1. The second kappa shape index (κ2) is 6.64. The third-order valence-corrected chi connectivity index (χ3v) is 5.39. The van der Waals surface area contributed by atoms with E-state index in [1.54, 1.807) is 6.07 Å². The lowest BCUT2D eigenvalue weighted by molar-refractivity contribution is 0.0498. The van der Waals surface area contributed by atoms with E-state index in [1.807, 2.05) is 0 Å². The lowest BCUT2D eigenvalue weighted by atomic mass is 10.0. The average Bonchev–Trinajstić information content (AvgIpc) is 2.47. The van der Waals surface area contributed by atoms with Crippen LogP contribution in [0, 0.1) is 5.92 Å². The molecule has 0 amide bonds. The summed E-state index contributed by atoms with van der Waals surface area (Å²) in [6, 6.07) is 4.55. The predicted molar refractivity (Wildman–Crippen MR) is 80.8 cm³/mol. The van der Waals surface area contributed by atoms with Gasteiger partial charge in [0.15, 0.2) is 0 Å². The van der Waals surface area contributed by atoms with Gasteiger partial charge in [-0.3, -0.25) is 0 Å². The van der Waals surface area contributed by atoms with Crippen LogP contribution in [0.3, 0.4) is 0 Å². The van der Waals surface area contributed by atoms with Gasteiger partial charge in [-0.15, -0.1) is 0 Å². The second-order valence-electron chi connectivity index (χ2n) is 5.35. The van der Waals surface area contributed by atoms with Gasteiger partial charge in [-0.2, -0.15) is 0 Å². The largest absolute Gasteiger partial charge is 0.491 e. The Morgan fingerprint density at radius 2 is 2.00 bits per heavy atom. The van der Waals surface area contributed by atoms with Crippen LogP contribution in [0.2, 0.25) is 0 Å². The highest BCUT2D eigenvalue weighted by atomic mass is 32.2.